The number of ether oxygens (including phenoxy) is 1. The molecule has 0 radical (unpaired) electrons. The lowest BCUT2D eigenvalue weighted by Gasteiger charge is -2.23. The Morgan fingerprint density at radius 1 is 0.974 bits per heavy atom. The Morgan fingerprint density at radius 3 is 2.32 bits per heavy atom. The van der Waals surface area contributed by atoms with E-state index in [1.165, 1.54) is 35.2 Å². The van der Waals surface area contributed by atoms with Crippen molar-refractivity contribution in [1.29, 1.82) is 0 Å². The lowest BCUT2D eigenvalue weighted by Crippen LogP contribution is -3.12. The molecule has 4 aromatic rings. The summed E-state index contributed by atoms with van der Waals surface area (Å²) >= 11 is 0. The zero-order valence-corrected chi connectivity index (χ0v) is 21.0. The largest absolute Gasteiger partial charge is 0.507 e. The van der Waals surface area contributed by atoms with E-state index in [9.17, 15) is 19.4 Å². The lowest BCUT2D eigenvalue weighted by atomic mass is 9.94. The Balaban J connectivity index is 1.57. The van der Waals surface area contributed by atoms with Crippen molar-refractivity contribution >= 4 is 5.91 Å². The van der Waals surface area contributed by atoms with Crippen molar-refractivity contribution in [3.8, 4) is 45.1 Å². The van der Waals surface area contributed by atoms with E-state index in [0.29, 0.717) is 28.8 Å². The maximum absolute atomic E-state index is 13.5. The summed E-state index contributed by atoms with van der Waals surface area (Å²) in [6, 6.07) is 16.2. The number of benzene rings is 3. The third-order valence-electron chi connectivity index (χ3n) is 6.66. The van der Waals surface area contributed by atoms with Crippen molar-refractivity contribution in [3.63, 3.8) is 0 Å². The molecule has 1 aliphatic heterocycles. The van der Waals surface area contributed by atoms with Gasteiger partial charge in [0.2, 0.25) is 0 Å². The number of aromatic nitrogens is 1. The summed E-state index contributed by atoms with van der Waals surface area (Å²) in [5, 5.41) is 28.1. The van der Waals surface area contributed by atoms with Crippen LogP contribution in [-0.2, 0) is 11.3 Å². The molecule has 4 N–H and O–H groups in total. The van der Waals surface area contributed by atoms with Crippen LogP contribution in [0.15, 0.2) is 65.2 Å². The fourth-order valence-electron chi connectivity index (χ4n) is 4.68. The molecule has 196 valence electrons. The molecule has 1 saturated heterocycles. The summed E-state index contributed by atoms with van der Waals surface area (Å²) in [6.45, 7) is 6.49. The molecule has 0 atom stereocenters. The predicted octanol–water partition coefficient (Wildman–Crippen LogP) is 3.39. The molecule has 0 unspecified atom stereocenters. The minimum Gasteiger partial charge on any atom is -0.507 e. The van der Waals surface area contributed by atoms with Crippen LogP contribution in [0.4, 0.5) is 4.39 Å². The summed E-state index contributed by atoms with van der Waals surface area (Å²) in [6.07, 6.45) is 0. The van der Waals surface area contributed by atoms with Crippen LogP contribution in [0, 0.1) is 5.82 Å². The first kappa shape index (κ1) is 25.4. The summed E-state index contributed by atoms with van der Waals surface area (Å²) < 4.78 is 24.6. The van der Waals surface area contributed by atoms with Crippen LogP contribution in [0.2, 0.25) is 0 Å². The number of amides is 1. The van der Waals surface area contributed by atoms with Gasteiger partial charge < -0.3 is 29.7 Å². The topological polar surface area (TPSA) is 109 Å². The molecule has 1 fully saturated rings. The van der Waals surface area contributed by atoms with E-state index >= 15 is 0 Å². The maximum atomic E-state index is 13.5. The Bertz CT molecular complexity index is 1430. The first-order valence-electron chi connectivity index (χ1n) is 12.6. The van der Waals surface area contributed by atoms with E-state index in [0.717, 1.165) is 38.4 Å². The molecule has 3 aromatic carbocycles. The second kappa shape index (κ2) is 11.0. The van der Waals surface area contributed by atoms with Crippen LogP contribution in [0.25, 0.3) is 33.6 Å². The highest BCUT2D eigenvalue weighted by Gasteiger charge is 2.27. The molecule has 0 saturated carbocycles. The smallest absolute Gasteiger partial charge is 0.274 e. The minimum atomic E-state index is -0.407. The third-order valence-corrected chi connectivity index (χ3v) is 6.66. The van der Waals surface area contributed by atoms with Gasteiger partial charge in [-0.3, -0.25) is 4.79 Å². The second-order valence-corrected chi connectivity index (χ2v) is 9.22. The van der Waals surface area contributed by atoms with E-state index in [1.54, 1.807) is 6.07 Å². The van der Waals surface area contributed by atoms with E-state index in [1.807, 2.05) is 31.2 Å². The second-order valence-electron chi connectivity index (χ2n) is 9.22. The fourth-order valence-corrected chi connectivity index (χ4v) is 4.68. The standard InChI is InChI=1S/C29H28FN3O5/c1-2-31-29(36)27-26(20-5-3-18(4-6-20)17-33-11-13-37-14-12-33)28(38-32-27)23-15-22(24(34)16-25(23)35)19-7-9-21(30)10-8-19/h3-10,15-16,34-35H,2,11-14,17H2,1H3,(H,31,36)/p+1. The summed E-state index contributed by atoms with van der Waals surface area (Å²) in [5.74, 6) is -1.07. The van der Waals surface area contributed by atoms with Crippen molar-refractivity contribution < 1.29 is 33.6 Å². The van der Waals surface area contributed by atoms with Gasteiger partial charge in [0.25, 0.3) is 5.91 Å². The maximum Gasteiger partial charge on any atom is 0.274 e. The Hall–Kier alpha value is -4.21. The van der Waals surface area contributed by atoms with E-state index in [-0.39, 0.29) is 28.5 Å². The number of morpholine rings is 1. The molecule has 1 aromatic heterocycles. The third kappa shape index (κ3) is 5.25. The SMILES string of the molecule is CCNC(=O)c1noc(-c2cc(-c3ccc(F)cc3)c(O)cc2O)c1-c1ccc(C[NH+]2CCOCC2)cc1. The summed E-state index contributed by atoms with van der Waals surface area (Å²) in [4.78, 5) is 14.3. The number of rotatable bonds is 7. The molecule has 1 amide bonds. The molecule has 9 heteroatoms. The van der Waals surface area contributed by atoms with Gasteiger partial charge >= 0.3 is 0 Å². The summed E-state index contributed by atoms with van der Waals surface area (Å²) in [7, 11) is 0. The first-order chi connectivity index (χ1) is 18.4. The molecule has 0 spiro atoms. The van der Waals surface area contributed by atoms with Gasteiger partial charge in [0.05, 0.1) is 24.3 Å². The van der Waals surface area contributed by atoms with Crippen molar-refractivity contribution in [1.82, 2.24) is 10.5 Å². The van der Waals surface area contributed by atoms with Crippen LogP contribution in [0.3, 0.4) is 0 Å². The number of nitrogens with zero attached hydrogens (tertiary/aromatic N) is 1. The van der Waals surface area contributed by atoms with Crippen LogP contribution < -0.4 is 10.2 Å². The lowest BCUT2D eigenvalue weighted by molar-refractivity contribution is -0.921. The van der Waals surface area contributed by atoms with Crippen LogP contribution >= 0.6 is 0 Å². The molecular weight excluding hydrogens is 489 g/mol. The van der Waals surface area contributed by atoms with Gasteiger partial charge in [0, 0.05) is 23.7 Å². The molecule has 0 aliphatic carbocycles. The van der Waals surface area contributed by atoms with Gasteiger partial charge in [-0.2, -0.15) is 0 Å². The average molecular weight is 519 g/mol. The first-order valence-corrected chi connectivity index (χ1v) is 12.6. The van der Waals surface area contributed by atoms with Crippen molar-refractivity contribution in [2.24, 2.45) is 0 Å². The minimum absolute atomic E-state index is 0.0872. The quantitative estimate of drug-likeness (QED) is 0.299. The van der Waals surface area contributed by atoms with Gasteiger partial charge in [-0.15, -0.1) is 0 Å². The average Bonchev–Trinajstić information content (AvgIpc) is 3.36. The number of phenolic OH excluding ortho intramolecular Hbond substituents is 2. The highest BCUT2D eigenvalue weighted by molar-refractivity contribution is 6.03. The van der Waals surface area contributed by atoms with Crippen LogP contribution in [-0.4, -0.2) is 54.1 Å². The molecule has 38 heavy (non-hydrogen) atoms. The monoisotopic (exact) mass is 518 g/mol. The predicted molar refractivity (Wildman–Crippen MR) is 139 cm³/mol. The number of phenols is 2. The van der Waals surface area contributed by atoms with Crippen molar-refractivity contribution in [2.75, 3.05) is 32.8 Å². The molecule has 1 aliphatic rings. The Labute approximate surface area is 219 Å². The number of nitrogens with one attached hydrogen (secondary N) is 2. The number of aromatic hydroxyl groups is 2. The Kier molecular flexibility index (Phi) is 7.39. The fraction of sp³-hybridized carbons (Fsp3) is 0.241. The number of quaternary nitrogens is 1. The number of hydrogen-bond donors (Lipinski definition) is 4. The van der Waals surface area contributed by atoms with Crippen LogP contribution in [0.1, 0.15) is 23.0 Å². The van der Waals surface area contributed by atoms with Gasteiger partial charge in [-0.05, 0) is 36.2 Å². The highest BCUT2D eigenvalue weighted by Crippen LogP contribution is 2.44. The van der Waals surface area contributed by atoms with Gasteiger partial charge in [0.15, 0.2) is 11.5 Å². The van der Waals surface area contributed by atoms with Gasteiger partial charge in [0.1, 0.15) is 37.0 Å². The zero-order chi connectivity index (χ0) is 26.6. The highest BCUT2D eigenvalue weighted by atomic mass is 19.1. The molecule has 8 nitrogen and oxygen atoms in total. The normalized spacial score (nSPS) is 13.9. The molecule has 2 heterocycles. The number of carbonyl (C=O) groups excluding carboxylic acids is 1. The van der Waals surface area contributed by atoms with Gasteiger partial charge in [-0.1, -0.05) is 41.6 Å². The van der Waals surface area contributed by atoms with Crippen molar-refractivity contribution in [2.45, 2.75) is 13.5 Å². The number of halogens is 1. The van der Waals surface area contributed by atoms with Gasteiger partial charge in [-0.25, -0.2) is 4.39 Å². The summed E-state index contributed by atoms with van der Waals surface area (Å²) in [5.41, 5.74) is 3.50. The number of hydrogen-bond acceptors (Lipinski definition) is 6. The zero-order valence-electron chi connectivity index (χ0n) is 21.0. The molecule has 5 rings (SSSR count). The van der Waals surface area contributed by atoms with Crippen LogP contribution in [0.5, 0.6) is 11.5 Å². The van der Waals surface area contributed by atoms with E-state index < -0.39 is 11.7 Å². The Morgan fingerprint density at radius 2 is 1.63 bits per heavy atom. The van der Waals surface area contributed by atoms with E-state index in [4.69, 9.17) is 9.26 Å². The molecule has 0 bridgehead atoms. The van der Waals surface area contributed by atoms with E-state index in [2.05, 4.69) is 10.5 Å². The number of carbonyl (C=O) groups is 1. The molecular formula is C29H29FN3O5+. The van der Waals surface area contributed by atoms with Crippen molar-refractivity contribution in [3.05, 3.63) is 77.7 Å².